The number of hydrogen-bond donors (Lipinski definition) is 0. The average molecular weight is 370 g/mol. The van der Waals surface area contributed by atoms with Crippen molar-refractivity contribution in [3.05, 3.63) is 34.6 Å². The molecule has 0 aliphatic rings. The zero-order valence-electron chi connectivity index (χ0n) is 13.9. The third-order valence-electron chi connectivity index (χ3n) is 3.41. The third kappa shape index (κ3) is 5.14. The van der Waals surface area contributed by atoms with Crippen molar-refractivity contribution in [1.82, 2.24) is 14.8 Å². The van der Waals surface area contributed by atoms with Crippen molar-refractivity contribution < 1.29 is 14.3 Å². The van der Waals surface area contributed by atoms with Gasteiger partial charge in [0.15, 0.2) is 5.16 Å². The second kappa shape index (κ2) is 8.94. The Morgan fingerprint density at radius 1 is 1.38 bits per heavy atom. The molecule has 24 heavy (non-hydrogen) atoms. The van der Waals surface area contributed by atoms with Gasteiger partial charge in [-0.1, -0.05) is 23.4 Å². The molecular formula is C16H20ClN3O3S. The number of carbonyl (C=O) groups excluding carboxylic acids is 1. The molecule has 0 aliphatic heterocycles. The number of esters is 1. The van der Waals surface area contributed by atoms with Crippen molar-refractivity contribution in [2.24, 2.45) is 7.05 Å². The molecule has 6 nitrogen and oxygen atoms in total. The second-order valence-electron chi connectivity index (χ2n) is 5.18. The molecule has 0 unspecified atom stereocenters. The summed E-state index contributed by atoms with van der Waals surface area (Å²) in [6, 6.07) is 5.57. The highest BCUT2D eigenvalue weighted by Gasteiger charge is 2.11. The van der Waals surface area contributed by atoms with Gasteiger partial charge in [-0.2, -0.15) is 0 Å². The monoisotopic (exact) mass is 369 g/mol. The predicted octanol–water partition coefficient (Wildman–Crippen LogP) is 3.05. The lowest BCUT2D eigenvalue weighted by Crippen LogP contribution is -2.06. The lowest BCUT2D eigenvalue weighted by Gasteiger charge is -2.09. The van der Waals surface area contributed by atoms with Gasteiger partial charge in [0, 0.05) is 18.5 Å². The molecule has 0 spiro atoms. The predicted molar refractivity (Wildman–Crippen MR) is 93.7 cm³/mol. The van der Waals surface area contributed by atoms with E-state index in [9.17, 15) is 4.79 Å². The molecule has 2 aromatic rings. The molecular weight excluding hydrogens is 350 g/mol. The van der Waals surface area contributed by atoms with Crippen LogP contribution in [-0.4, -0.2) is 40.2 Å². The lowest BCUT2D eigenvalue weighted by molar-refractivity contribution is -0.137. The molecule has 0 radical (unpaired) electrons. The van der Waals surface area contributed by atoms with E-state index >= 15 is 0 Å². The number of methoxy groups -OCH3 is 1. The molecule has 1 aromatic heterocycles. The Bertz CT molecular complexity index is 706. The van der Waals surface area contributed by atoms with Crippen molar-refractivity contribution in [3.8, 4) is 5.75 Å². The lowest BCUT2D eigenvalue weighted by atomic mass is 10.2. The largest absolute Gasteiger partial charge is 0.493 e. The fourth-order valence-electron chi connectivity index (χ4n) is 2.06. The summed E-state index contributed by atoms with van der Waals surface area (Å²) in [5.41, 5.74) is 1.02. The van der Waals surface area contributed by atoms with E-state index in [-0.39, 0.29) is 11.7 Å². The first-order valence-corrected chi connectivity index (χ1v) is 8.84. The molecule has 1 aromatic carbocycles. The van der Waals surface area contributed by atoms with Gasteiger partial charge in [-0.3, -0.25) is 4.79 Å². The van der Waals surface area contributed by atoms with E-state index in [1.54, 1.807) is 0 Å². The molecule has 130 valence electrons. The highest BCUT2D eigenvalue weighted by atomic mass is 35.5. The van der Waals surface area contributed by atoms with Gasteiger partial charge in [0.1, 0.15) is 11.6 Å². The second-order valence-corrected chi connectivity index (χ2v) is 6.56. The van der Waals surface area contributed by atoms with Gasteiger partial charge in [-0.15, -0.1) is 10.2 Å². The molecule has 0 saturated heterocycles. The first-order chi connectivity index (χ1) is 11.5. The summed E-state index contributed by atoms with van der Waals surface area (Å²) in [6.07, 6.45) is 1.56. The van der Waals surface area contributed by atoms with E-state index in [1.165, 1.54) is 18.9 Å². The van der Waals surface area contributed by atoms with Crippen molar-refractivity contribution in [2.45, 2.75) is 24.9 Å². The van der Waals surface area contributed by atoms with Gasteiger partial charge in [0.05, 0.1) is 19.5 Å². The van der Waals surface area contributed by atoms with Crippen LogP contribution in [0.2, 0.25) is 5.02 Å². The van der Waals surface area contributed by atoms with E-state index < -0.39 is 0 Å². The number of aryl methyl sites for hydroxylation is 2. The zero-order chi connectivity index (χ0) is 17.5. The Balaban J connectivity index is 1.80. The number of rotatable bonds is 8. The van der Waals surface area contributed by atoms with Crippen LogP contribution in [0.5, 0.6) is 5.75 Å². The fraction of sp³-hybridized carbons (Fsp3) is 0.438. The Hall–Kier alpha value is -1.73. The quantitative estimate of drug-likeness (QED) is 0.405. The number of hydrogen-bond acceptors (Lipinski definition) is 6. The van der Waals surface area contributed by atoms with Crippen molar-refractivity contribution in [3.63, 3.8) is 0 Å². The van der Waals surface area contributed by atoms with Crippen LogP contribution in [-0.2, 0) is 23.0 Å². The molecule has 0 aliphatic carbocycles. The van der Waals surface area contributed by atoms with Gasteiger partial charge in [0.25, 0.3) is 0 Å². The van der Waals surface area contributed by atoms with Gasteiger partial charge in [0.2, 0.25) is 0 Å². The van der Waals surface area contributed by atoms with Crippen LogP contribution in [0.1, 0.15) is 17.8 Å². The Labute approximate surface area is 150 Å². The summed E-state index contributed by atoms with van der Waals surface area (Å²) in [4.78, 5) is 11.2. The summed E-state index contributed by atoms with van der Waals surface area (Å²) >= 11 is 7.24. The minimum atomic E-state index is -0.281. The highest BCUT2D eigenvalue weighted by molar-refractivity contribution is 7.99. The maximum atomic E-state index is 11.2. The van der Waals surface area contributed by atoms with Gasteiger partial charge >= 0.3 is 5.97 Å². The van der Waals surface area contributed by atoms with Crippen molar-refractivity contribution in [1.29, 1.82) is 0 Å². The molecule has 8 heteroatoms. The molecule has 0 atom stereocenters. The molecule has 0 amide bonds. The van der Waals surface area contributed by atoms with E-state index in [2.05, 4.69) is 14.9 Å². The average Bonchev–Trinajstić information content (AvgIpc) is 2.91. The molecule has 0 bridgehead atoms. The van der Waals surface area contributed by atoms with Crippen LogP contribution in [0.15, 0.2) is 23.4 Å². The van der Waals surface area contributed by atoms with Crippen LogP contribution in [0.4, 0.5) is 0 Å². The van der Waals surface area contributed by atoms with E-state index in [0.717, 1.165) is 30.0 Å². The topological polar surface area (TPSA) is 66.2 Å². The smallest absolute Gasteiger partial charge is 0.316 e. The minimum Gasteiger partial charge on any atom is -0.493 e. The number of nitrogens with zero attached hydrogens (tertiary/aromatic N) is 3. The SMILES string of the molecule is COC(=O)CSc1nnc(CCCOc2ccc(Cl)cc2C)n1C. The first kappa shape index (κ1) is 18.6. The number of aromatic nitrogens is 3. The summed E-state index contributed by atoms with van der Waals surface area (Å²) in [6.45, 7) is 2.55. The Morgan fingerprint density at radius 2 is 2.17 bits per heavy atom. The molecule has 0 N–H and O–H groups in total. The van der Waals surface area contributed by atoms with E-state index in [1.807, 2.05) is 36.7 Å². The number of ether oxygens (including phenoxy) is 2. The van der Waals surface area contributed by atoms with Gasteiger partial charge in [-0.25, -0.2) is 0 Å². The molecule has 0 saturated carbocycles. The number of carbonyl (C=O) groups is 1. The Morgan fingerprint density at radius 3 is 2.88 bits per heavy atom. The first-order valence-electron chi connectivity index (χ1n) is 7.48. The highest BCUT2D eigenvalue weighted by Crippen LogP contribution is 2.22. The summed E-state index contributed by atoms with van der Waals surface area (Å²) in [7, 11) is 3.26. The normalized spacial score (nSPS) is 10.7. The van der Waals surface area contributed by atoms with E-state index in [4.69, 9.17) is 16.3 Å². The number of benzene rings is 1. The Kier molecular flexibility index (Phi) is 6.93. The van der Waals surface area contributed by atoms with Crippen LogP contribution in [0.25, 0.3) is 0 Å². The zero-order valence-corrected chi connectivity index (χ0v) is 15.5. The maximum absolute atomic E-state index is 11.2. The number of thioether (sulfide) groups is 1. The van der Waals surface area contributed by atoms with Crippen LogP contribution in [0, 0.1) is 6.92 Å². The molecule has 1 heterocycles. The number of halogens is 1. The summed E-state index contributed by atoms with van der Waals surface area (Å²) in [5.74, 6) is 1.64. The standard InChI is InChI=1S/C16H20ClN3O3S/c1-11-9-12(17)6-7-13(11)23-8-4-5-14-18-19-16(20(14)2)24-10-15(21)22-3/h6-7,9H,4-5,8,10H2,1-3H3. The van der Waals surface area contributed by atoms with Gasteiger partial charge in [-0.05, 0) is 37.1 Å². The van der Waals surface area contributed by atoms with Crippen LogP contribution >= 0.6 is 23.4 Å². The minimum absolute atomic E-state index is 0.224. The maximum Gasteiger partial charge on any atom is 0.316 e. The third-order valence-corrected chi connectivity index (χ3v) is 4.64. The van der Waals surface area contributed by atoms with Crippen molar-refractivity contribution >= 4 is 29.3 Å². The van der Waals surface area contributed by atoms with Crippen LogP contribution < -0.4 is 4.74 Å². The summed E-state index contributed by atoms with van der Waals surface area (Å²) in [5, 5.41) is 9.66. The summed E-state index contributed by atoms with van der Waals surface area (Å²) < 4.78 is 12.3. The van der Waals surface area contributed by atoms with E-state index in [0.29, 0.717) is 16.8 Å². The molecule has 2 rings (SSSR count). The van der Waals surface area contributed by atoms with Gasteiger partial charge < -0.3 is 14.0 Å². The fourth-order valence-corrected chi connectivity index (χ4v) is 3.05. The molecule has 0 fully saturated rings. The van der Waals surface area contributed by atoms with Crippen molar-refractivity contribution in [2.75, 3.05) is 19.5 Å². The van der Waals surface area contributed by atoms with Crippen LogP contribution in [0.3, 0.4) is 0 Å².